The average molecular weight is 342 g/mol. The first-order chi connectivity index (χ1) is 10.9. The van der Waals surface area contributed by atoms with Crippen LogP contribution in [0, 0.1) is 10.8 Å². The number of ether oxygens (including phenoxy) is 1. The van der Waals surface area contributed by atoms with Crippen molar-refractivity contribution in [2.75, 3.05) is 20.1 Å². The molecule has 1 saturated carbocycles. The van der Waals surface area contributed by atoms with Crippen LogP contribution in [0.1, 0.15) is 53.9 Å². The Bertz CT molecular complexity index is 478. The summed E-state index contributed by atoms with van der Waals surface area (Å²) in [7, 11) is 1.67. The third-order valence-corrected chi connectivity index (χ3v) is 3.78. The van der Waals surface area contributed by atoms with Gasteiger partial charge < -0.3 is 19.7 Å². The zero-order chi connectivity index (χ0) is 18.6. The fraction of sp³-hybridized carbons (Fsp3) is 0.824. The summed E-state index contributed by atoms with van der Waals surface area (Å²) in [6.07, 6.45) is 2.06. The first kappa shape index (κ1) is 20.4. The van der Waals surface area contributed by atoms with Crippen LogP contribution in [0.25, 0.3) is 0 Å². The Balaban J connectivity index is 2.46. The van der Waals surface area contributed by atoms with Crippen LogP contribution in [-0.4, -0.2) is 49.2 Å². The van der Waals surface area contributed by atoms with E-state index < -0.39 is 17.1 Å². The third kappa shape index (κ3) is 6.86. The van der Waals surface area contributed by atoms with E-state index in [0.29, 0.717) is 25.8 Å². The van der Waals surface area contributed by atoms with E-state index in [2.05, 4.69) is 5.32 Å². The van der Waals surface area contributed by atoms with Gasteiger partial charge >= 0.3 is 12.1 Å². The molecule has 1 amide bonds. The molecule has 0 unspecified atom stereocenters. The van der Waals surface area contributed by atoms with Crippen molar-refractivity contribution in [2.45, 2.75) is 59.5 Å². The molecule has 0 spiro atoms. The van der Waals surface area contributed by atoms with Crippen LogP contribution in [0.15, 0.2) is 0 Å². The van der Waals surface area contributed by atoms with E-state index >= 15 is 0 Å². The predicted molar refractivity (Wildman–Crippen MR) is 89.1 cm³/mol. The number of carbonyl (C=O) groups is 3. The molecule has 1 aliphatic carbocycles. The number of hydroxylamine groups is 2. The van der Waals surface area contributed by atoms with Gasteiger partial charge in [-0.15, -0.1) is 5.06 Å². The van der Waals surface area contributed by atoms with Crippen molar-refractivity contribution in [1.82, 2.24) is 10.4 Å². The van der Waals surface area contributed by atoms with E-state index in [1.165, 1.54) is 5.06 Å². The molecule has 0 aromatic heterocycles. The molecule has 1 N–H and O–H groups in total. The number of hydrogen-bond acceptors (Lipinski definition) is 6. The van der Waals surface area contributed by atoms with Gasteiger partial charge in [0.1, 0.15) is 11.9 Å². The van der Waals surface area contributed by atoms with Crippen LogP contribution in [-0.2, 0) is 19.2 Å². The number of alkyl carbamates (subject to hydrolysis) is 1. The molecule has 0 heterocycles. The van der Waals surface area contributed by atoms with Crippen molar-refractivity contribution < 1.29 is 24.0 Å². The summed E-state index contributed by atoms with van der Waals surface area (Å²) in [5.41, 5.74) is -1.52. The number of rotatable bonds is 8. The quantitative estimate of drug-likeness (QED) is 0.538. The molecule has 0 bridgehead atoms. The second-order valence-electron chi connectivity index (χ2n) is 8.34. The highest BCUT2D eigenvalue weighted by atomic mass is 16.7. The van der Waals surface area contributed by atoms with Gasteiger partial charge in [0.25, 0.3) is 0 Å². The molecule has 138 valence electrons. The lowest BCUT2D eigenvalue weighted by Crippen LogP contribution is -2.41. The van der Waals surface area contributed by atoms with Crippen molar-refractivity contribution in [1.29, 1.82) is 0 Å². The zero-order valence-corrected chi connectivity index (χ0v) is 15.6. The Morgan fingerprint density at radius 1 is 1.21 bits per heavy atom. The van der Waals surface area contributed by atoms with Crippen molar-refractivity contribution in [3.8, 4) is 0 Å². The maximum Gasteiger partial charge on any atom is 0.407 e. The molecular weight excluding hydrogens is 312 g/mol. The van der Waals surface area contributed by atoms with Crippen molar-refractivity contribution in [3.05, 3.63) is 0 Å². The summed E-state index contributed by atoms with van der Waals surface area (Å²) in [6, 6.07) is 0. The normalized spacial score (nSPS) is 16.5. The number of nitrogens with zero attached hydrogens (tertiary/aromatic N) is 1. The first-order valence-corrected chi connectivity index (χ1v) is 8.23. The monoisotopic (exact) mass is 342 g/mol. The van der Waals surface area contributed by atoms with E-state index in [9.17, 15) is 14.4 Å². The minimum atomic E-state index is -0.667. The SMILES string of the molecule is CN(CC(C)(C)CC=O)OC(=O)C1(CNC(=O)OC(C)(C)C)CC1. The highest BCUT2D eigenvalue weighted by Crippen LogP contribution is 2.46. The van der Waals surface area contributed by atoms with Gasteiger partial charge in [-0.05, 0) is 39.0 Å². The summed E-state index contributed by atoms with van der Waals surface area (Å²) < 4.78 is 5.17. The van der Waals surface area contributed by atoms with E-state index in [-0.39, 0.29) is 17.9 Å². The van der Waals surface area contributed by atoms with E-state index in [1.807, 2.05) is 13.8 Å². The van der Waals surface area contributed by atoms with E-state index in [1.54, 1.807) is 27.8 Å². The summed E-state index contributed by atoms with van der Waals surface area (Å²) in [6.45, 7) is 9.86. The molecule has 0 radical (unpaired) electrons. The van der Waals surface area contributed by atoms with Crippen LogP contribution in [0.2, 0.25) is 0 Å². The fourth-order valence-electron chi connectivity index (χ4n) is 2.32. The van der Waals surface area contributed by atoms with Gasteiger partial charge in [0.15, 0.2) is 0 Å². The molecule has 0 saturated heterocycles. The molecule has 0 aromatic carbocycles. The highest BCUT2D eigenvalue weighted by molar-refractivity contribution is 5.81. The van der Waals surface area contributed by atoms with Gasteiger partial charge in [-0.3, -0.25) is 0 Å². The van der Waals surface area contributed by atoms with Gasteiger partial charge in [-0.2, -0.15) is 0 Å². The van der Waals surface area contributed by atoms with Gasteiger partial charge in [-0.1, -0.05) is 13.8 Å². The Labute approximate surface area is 144 Å². The lowest BCUT2D eigenvalue weighted by atomic mass is 9.90. The lowest BCUT2D eigenvalue weighted by Gasteiger charge is -2.28. The number of nitrogens with one attached hydrogen (secondary N) is 1. The molecule has 1 rings (SSSR count). The third-order valence-electron chi connectivity index (χ3n) is 3.78. The van der Waals surface area contributed by atoms with Crippen LogP contribution in [0.3, 0.4) is 0 Å². The summed E-state index contributed by atoms with van der Waals surface area (Å²) >= 11 is 0. The molecule has 7 heteroatoms. The molecule has 24 heavy (non-hydrogen) atoms. The van der Waals surface area contributed by atoms with Gasteiger partial charge in [0.2, 0.25) is 0 Å². The van der Waals surface area contributed by atoms with Gasteiger partial charge in [0.05, 0.1) is 5.41 Å². The smallest absolute Gasteiger partial charge is 0.407 e. The molecule has 0 aliphatic heterocycles. The summed E-state index contributed by atoms with van der Waals surface area (Å²) in [5.74, 6) is -0.358. The summed E-state index contributed by atoms with van der Waals surface area (Å²) in [4.78, 5) is 40.1. The number of hydrogen-bond donors (Lipinski definition) is 1. The van der Waals surface area contributed by atoms with Crippen LogP contribution in [0.4, 0.5) is 4.79 Å². The van der Waals surface area contributed by atoms with Gasteiger partial charge in [-0.25, -0.2) is 9.59 Å². The van der Waals surface area contributed by atoms with E-state index in [4.69, 9.17) is 9.57 Å². The van der Waals surface area contributed by atoms with E-state index in [0.717, 1.165) is 6.29 Å². The van der Waals surface area contributed by atoms with Crippen molar-refractivity contribution in [3.63, 3.8) is 0 Å². The Hall–Kier alpha value is -1.63. The second-order valence-corrected chi connectivity index (χ2v) is 8.34. The molecule has 1 aliphatic rings. The average Bonchev–Trinajstić information content (AvgIpc) is 3.14. The van der Waals surface area contributed by atoms with Crippen molar-refractivity contribution >= 4 is 18.3 Å². The van der Waals surface area contributed by atoms with Crippen LogP contribution < -0.4 is 5.32 Å². The molecule has 1 fully saturated rings. The minimum Gasteiger partial charge on any atom is -0.444 e. The van der Waals surface area contributed by atoms with Gasteiger partial charge in [0, 0.05) is 26.6 Å². The second kappa shape index (κ2) is 7.51. The molecule has 0 aromatic rings. The summed E-state index contributed by atoms with van der Waals surface area (Å²) in [5, 5.41) is 4.10. The largest absolute Gasteiger partial charge is 0.444 e. The first-order valence-electron chi connectivity index (χ1n) is 8.23. The van der Waals surface area contributed by atoms with Crippen molar-refractivity contribution in [2.24, 2.45) is 10.8 Å². The number of carbonyl (C=O) groups excluding carboxylic acids is 3. The predicted octanol–water partition coefficient (Wildman–Crippen LogP) is 2.30. The Kier molecular flexibility index (Phi) is 6.38. The Morgan fingerprint density at radius 2 is 1.79 bits per heavy atom. The molecular formula is C17H30N2O5. The number of amides is 1. The standard InChI is InChI=1S/C17H30N2O5/c1-15(2,3)23-14(22)18-11-17(7-8-17)13(21)24-19(6)12-16(4,5)9-10-20/h10H,7-9,11-12H2,1-6H3,(H,18,22). The maximum absolute atomic E-state index is 12.4. The highest BCUT2D eigenvalue weighted by Gasteiger charge is 2.52. The Morgan fingerprint density at radius 3 is 2.25 bits per heavy atom. The molecule has 0 atom stereocenters. The zero-order valence-electron chi connectivity index (χ0n) is 15.6. The van der Waals surface area contributed by atoms with Crippen LogP contribution in [0.5, 0.6) is 0 Å². The maximum atomic E-state index is 12.4. The van der Waals surface area contributed by atoms with Crippen LogP contribution >= 0.6 is 0 Å². The fourth-order valence-corrected chi connectivity index (χ4v) is 2.32. The lowest BCUT2D eigenvalue weighted by molar-refractivity contribution is -0.195. The molecule has 7 nitrogen and oxygen atoms in total. The minimum absolute atomic E-state index is 0.201. The topological polar surface area (TPSA) is 84.9 Å². The number of aldehydes is 1.